The van der Waals surface area contributed by atoms with Crippen LogP contribution in [0.3, 0.4) is 0 Å². The summed E-state index contributed by atoms with van der Waals surface area (Å²) in [4.78, 5) is 19.7. The maximum absolute atomic E-state index is 11.4. The van der Waals surface area contributed by atoms with Crippen molar-refractivity contribution in [3.05, 3.63) is 17.0 Å². The predicted molar refractivity (Wildman–Crippen MR) is 69.8 cm³/mol. The molecule has 0 fully saturated rings. The second-order valence-corrected chi connectivity index (χ2v) is 3.93. The van der Waals surface area contributed by atoms with Gasteiger partial charge in [0.2, 0.25) is 5.91 Å². The summed E-state index contributed by atoms with van der Waals surface area (Å²) >= 11 is 5.84. The van der Waals surface area contributed by atoms with E-state index in [4.69, 9.17) is 16.3 Å². The molecule has 0 radical (unpaired) electrons. The lowest BCUT2D eigenvalue weighted by Gasteiger charge is -2.08. The van der Waals surface area contributed by atoms with Gasteiger partial charge in [-0.05, 0) is 0 Å². The zero-order chi connectivity index (χ0) is 13.4. The maximum atomic E-state index is 11.4. The van der Waals surface area contributed by atoms with E-state index in [0.717, 1.165) is 0 Å². The summed E-state index contributed by atoms with van der Waals surface area (Å²) in [5.74, 6) is 1.07. The number of carbonyl (C=O) groups is 1. The van der Waals surface area contributed by atoms with Gasteiger partial charge in [0.1, 0.15) is 16.8 Å². The van der Waals surface area contributed by atoms with Crippen LogP contribution in [0.15, 0.2) is 6.07 Å². The Morgan fingerprint density at radius 3 is 2.94 bits per heavy atom. The molecular formula is C11H17ClN4O2. The number of aryl methyl sites for hydroxylation is 1. The van der Waals surface area contributed by atoms with Crippen LogP contribution in [0.4, 0.5) is 5.82 Å². The number of nitrogens with zero attached hydrogens (tertiary/aromatic N) is 2. The summed E-state index contributed by atoms with van der Waals surface area (Å²) in [6.07, 6.45) is 0.690. The highest BCUT2D eigenvalue weighted by Gasteiger charge is 2.04. The van der Waals surface area contributed by atoms with Crippen LogP contribution in [0, 0.1) is 0 Å². The summed E-state index contributed by atoms with van der Waals surface area (Å²) in [5, 5.41) is 5.96. The fraction of sp³-hybridized carbons (Fsp3) is 0.545. The first-order valence-electron chi connectivity index (χ1n) is 5.68. The van der Waals surface area contributed by atoms with Crippen molar-refractivity contribution in [2.24, 2.45) is 0 Å². The van der Waals surface area contributed by atoms with Crippen molar-refractivity contribution < 1.29 is 9.53 Å². The number of anilines is 1. The van der Waals surface area contributed by atoms with Gasteiger partial charge < -0.3 is 15.4 Å². The van der Waals surface area contributed by atoms with Gasteiger partial charge in [-0.25, -0.2) is 9.97 Å². The molecule has 2 N–H and O–H groups in total. The molecule has 100 valence electrons. The molecule has 18 heavy (non-hydrogen) atoms. The molecule has 1 heterocycles. The molecule has 0 bridgehead atoms. The summed E-state index contributed by atoms with van der Waals surface area (Å²) < 4.78 is 4.83. The summed E-state index contributed by atoms with van der Waals surface area (Å²) in [6.45, 7) is 3.06. The lowest BCUT2D eigenvalue weighted by molar-refractivity contribution is -0.119. The number of hydrogen-bond donors (Lipinski definition) is 2. The zero-order valence-electron chi connectivity index (χ0n) is 10.5. The van der Waals surface area contributed by atoms with Crippen molar-refractivity contribution in [1.29, 1.82) is 0 Å². The van der Waals surface area contributed by atoms with E-state index in [9.17, 15) is 4.79 Å². The van der Waals surface area contributed by atoms with E-state index >= 15 is 0 Å². The van der Waals surface area contributed by atoms with Gasteiger partial charge in [0, 0.05) is 26.1 Å². The van der Waals surface area contributed by atoms with E-state index in [1.807, 2.05) is 6.92 Å². The molecule has 0 saturated heterocycles. The van der Waals surface area contributed by atoms with Crippen LogP contribution < -0.4 is 10.6 Å². The molecule has 1 aromatic heterocycles. The fourth-order valence-corrected chi connectivity index (χ4v) is 1.44. The van der Waals surface area contributed by atoms with Crippen molar-refractivity contribution in [2.45, 2.75) is 13.3 Å². The molecule has 0 aromatic carbocycles. The van der Waals surface area contributed by atoms with E-state index in [-0.39, 0.29) is 12.5 Å². The lowest BCUT2D eigenvalue weighted by Crippen LogP contribution is -2.32. The Morgan fingerprint density at radius 2 is 2.28 bits per heavy atom. The second kappa shape index (κ2) is 7.84. The van der Waals surface area contributed by atoms with Crippen LogP contribution in [0.2, 0.25) is 5.15 Å². The number of methoxy groups -OCH3 is 1. The zero-order valence-corrected chi connectivity index (χ0v) is 11.3. The van der Waals surface area contributed by atoms with Crippen LogP contribution in [0.25, 0.3) is 0 Å². The van der Waals surface area contributed by atoms with Crippen molar-refractivity contribution in [2.75, 3.05) is 32.1 Å². The largest absolute Gasteiger partial charge is 0.383 e. The van der Waals surface area contributed by atoms with Crippen molar-refractivity contribution in [1.82, 2.24) is 15.3 Å². The van der Waals surface area contributed by atoms with Crippen LogP contribution in [0.5, 0.6) is 0 Å². The SMILES string of the molecule is CCc1nc(Cl)cc(NCC(=O)NCCOC)n1. The number of ether oxygens (including phenoxy) is 1. The molecule has 0 atom stereocenters. The third-order valence-corrected chi connectivity index (χ3v) is 2.31. The molecule has 1 rings (SSSR count). The summed E-state index contributed by atoms with van der Waals surface area (Å²) in [5.41, 5.74) is 0. The minimum Gasteiger partial charge on any atom is -0.383 e. The van der Waals surface area contributed by atoms with Crippen molar-refractivity contribution in [3.63, 3.8) is 0 Å². The molecule has 0 aliphatic heterocycles. The van der Waals surface area contributed by atoms with Gasteiger partial charge in [-0.2, -0.15) is 0 Å². The highest BCUT2D eigenvalue weighted by atomic mass is 35.5. The van der Waals surface area contributed by atoms with Crippen LogP contribution in [-0.2, 0) is 16.0 Å². The van der Waals surface area contributed by atoms with E-state index in [0.29, 0.717) is 36.4 Å². The van der Waals surface area contributed by atoms with Crippen molar-refractivity contribution >= 4 is 23.3 Å². The summed E-state index contributed by atoms with van der Waals surface area (Å²) in [7, 11) is 1.58. The van der Waals surface area contributed by atoms with Crippen molar-refractivity contribution in [3.8, 4) is 0 Å². The normalized spacial score (nSPS) is 10.2. The highest BCUT2D eigenvalue weighted by Crippen LogP contribution is 2.11. The summed E-state index contributed by atoms with van der Waals surface area (Å²) in [6, 6.07) is 1.59. The standard InChI is InChI=1S/C11H17ClN4O2/c1-3-9-15-8(12)6-10(16-9)14-7-11(17)13-4-5-18-2/h6H,3-5,7H2,1-2H3,(H,13,17)(H,14,15,16). The number of rotatable bonds is 7. The second-order valence-electron chi connectivity index (χ2n) is 3.54. The molecular weight excluding hydrogens is 256 g/mol. The third-order valence-electron chi connectivity index (χ3n) is 2.12. The van der Waals surface area contributed by atoms with Gasteiger partial charge in [-0.1, -0.05) is 18.5 Å². The smallest absolute Gasteiger partial charge is 0.239 e. The Labute approximate surface area is 111 Å². The van der Waals surface area contributed by atoms with Gasteiger partial charge in [0.25, 0.3) is 0 Å². The van der Waals surface area contributed by atoms with Gasteiger partial charge in [0.05, 0.1) is 13.2 Å². The van der Waals surface area contributed by atoms with E-state index in [1.165, 1.54) is 0 Å². The Hall–Kier alpha value is -1.40. The minimum atomic E-state index is -0.125. The average Bonchev–Trinajstić information content (AvgIpc) is 2.36. The Morgan fingerprint density at radius 1 is 1.50 bits per heavy atom. The first-order chi connectivity index (χ1) is 8.65. The molecule has 7 heteroatoms. The van der Waals surface area contributed by atoms with Gasteiger partial charge in [0.15, 0.2) is 0 Å². The average molecular weight is 273 g/mol. The number of nitrogens with one attached hydrogen (secondary N) is 2. The van der Waals surface area contributed by atoms with Gasteiger partial charge >= 0.3 is 0 Å². The Kier molecular flexibility index (Phi) is 6.38. The van der Waals surface area contributed by atoms with Gasteiger partial charge in [-0.3, -0.25) is 4.79 Å². The molecule has 0 aliphatic carbocycles. The first-order valence-corrected chi connectivity index (χ1v) is 6.06. The van der Waals surface area contributed by atoms with Crippen LogP contribution >= 0.6 is 11.6 Å². The Balaban J connectivity index is 2.43. The topological polar surface area (TPSA) is 76.1 Å². The number of aromatic nitrogens is 2. The molecule has 6 nitrogen and oxygen atoms in total. The van der Waals surface area contributed by atoms with Gasteiger partial charge in [-0.15, -0.1) is 0 Å². The highest BCUT2D eigenvalue weighted by molar-refractivity contribution is 6.29. The number of halogens is 1. The van der Waals surface area contributed by atoms with Crippen LogP contribution in [0.1, 0.15) is 12.7 Å². The lowest BCUT2D eigenvalue weighted by atomic mass is 10.4. The molecule has 0 spiro atoms. The monoisotopic (exact) mass is 272 g/mol. The molecule has 0 unspecified atom stereocenters. The quantitative estimate of drug-likeness (QED) is 0.569. The molecule has 1 aromatic rings. The predicted octanol–water partition coefficient (Wildman–Crippen LogP) is 0.867. The number of carbonyl (C=O) groups excluding carboxylic acids is 1. The minimum absolute atomic E-state index is 0.125. The van der Waals surface area contributed by atoms with E-state index in [1.54, 1.807) is 13.2 Å². The number of amides is 1. The maximum Gasteiger partial charge on any atom is 0.239 e. The third kappa shape index (κ3) is 5.29. The fourth-order valence-electron chi connectivity index (χ4n) is 1.24. The molecule has 0 aliphatic rings. The van der Waals surface area contributed by atoms with Crippen LogP contribution in [-0.4, -0.2) is 42.7 Å². The van der Waals surface area contributed by atoms with E-state index < -0.39 is 0 Å². The Bertz CT molecular complexity index is 401. The molecule has 0 saturated carbocycles. The first kappa shape index (κ1) is 14.7. The number of hydrogen-bond acceptors (Lipinski definition) is 5. The molecule has 1 amide bonds. The van der Waals surface area contributed by atoms with E-state index in [2.05, 4.69) is 20.6 Å².